The van der Waals surface area contributed by atoms with Crippen molar-refractivity contribution in [1.82, 2.24) is 4.90 Å². The molecule has 4 heteroatoms. The summed E-state index contributed by atoms with van der Waals surface area (Å²) in [5, 5.41) is 20.1. The second kappa shape index (κ2) is 4.49. The molecular weight excluding hydrogens is 266 g/mol. The average molecular weight is 287 g/mol. The molecule has 4 rings (SSSR count). The summed E-state index contributed by atoms with van der Waals surface area (Å²) in [5.74, 6) is 0.851. The van der Waals surface area contributed by atoms with Crippen molar-refractivity contribution < 1.29 is 14.9 Å². The molecule has 1 spiro atoms. The number of phenolic OH excluding ortho intramolecular Hbond substituents is 1. The van der Waals surface area contributed by atoms with Crippen LogP contribution in [0.3, 0.4) is 0 Å². The molecule has 0 unspecified atom stereocenters. The van der Waals surface area contributed by atoms with E-state index in [1.54, 1.807) is 6.07 Å². The average Bonchev–Trinajstić information content (AvgIpc) is 2.72. The van der Waals surface area contributed by atoms with Crippen LogP contribution in [0.5, 0.6) is 11.5 Å². The number of hydrogen-bond acceptors (Lipinski definition) is 4. The molecule has 0 aromatic heterocycles. The molecule has 112 valence electrons. The van der Waals surface area contributed by atoms with Crippen molar-refractivity contribution >= 4 is 0 Å². The quantitative estimate of drug-likeness (QED) is 0.775. The molecule has 1 aromatic rings. The second-order valence-electron chi connectivity index (χ2n) is 6.38. The van der Waals surface area contributed by atoms with E-state index in [-0.39, 0.29) is 17.3 Å². The van der Waals surface area contributed by atoms with Gasteiger partial charge in [-0.15, -0.1) is 0 Å². The third-order valence-corrected chi connectivity index (χ3v) is 5.28. The van der Waals surface area contributed by atoms with Crippen molar-refractivity contribution in [3.63, 3.8) is 0 Å². The van der Waals surface area contributed by atoms with Gasteiger partial charge in [0.05, 0.1) is 11.5 Å². The first-order valence-corrected chi connectivity index (χ1v) is 7.76. The summed E-state index contributed by atoms with van der Waals surface area (Å²) in [6, 6.07) is 3.76. The van der Waals surface area contributed by atoms with Crippen molar-refractivity contribution in [3.8, 4) is 11.5 Å². The molecule has 4 nitrogen and oxygen atoms in total. The van der Waals surface area contributed by atoms with Crippen LogP contribution in [0.4, 0.5) is 0 Å². The molecular formula is C17H21NO3. The van der Waals surface area contributed by atoms with Gasteiger partial charge in [0, 0.05) is 18.5 Å². The lowest BCUT2D eigenvalue weighted by Crippen LogP contribution is -2.43. The number of aromatic hydroxyl groups is 1. The fraction of sp³-hybridized carbons (Fsp3) is 0.529. The molecule has 1 aliphatic carbocycles. The zero-order chi connectivity index (χ0) is 14.6. The Hall–Kier alpha value is -1.52. The van der Waals surface area contributed by atoms with Gasteiger partial charge in [0.25, 0.3) is 0 Å². The van der Waals surface area contributed by atoms with Crippen molar-refractivity contribution in [1.29, 1.82) is 0 Å². The Morgan fingerprint density at radius 2 is 2.29 bits per heavy atom. The van der Waals surface area contributed by atoms with Crippen LogP contribution in [-0.4, -0.2) is 40.4 Å². The first-order valence-electron chi connectivity index (χ1n) is 7.76. The fourth-order valence-corrected chi connectivity index (χ4v) is 4.11. The molecule has 0 amide bonds. The van der Waals surface area contributed by atoms with Gasteiger partial charge in [0.15, 0.2) is 11.5 Å². The second-order valence-corrected chi connectivity index (χ2v) is 6.38. The van der Waals surface area contributed by atoms with Gasteiger partial charge in [-0.25, -0.2) is 0 Å². The maximum Gasteiger partial charge on any atom is 0.165 e. The van der Waals surface area contributed by atoms with Gasteiger partial charge in [-0.1, -0.05) is 25.1 Å². The van der Waals surface area contributed by atoms with E-state index in [2.05, 4.69) is 17.9 Å². The Morgan fingerprint density at radius 3 is 3.10 bits per heavy atom. The topological polar surface area (TPSA) is 52.9 Å². The van der Waals surface area contributed by atoms with Crippen LogP contribution in [0, 0.1) is 0 Å². The third kappa shape index (κ3) is 1.75. The molecule has 3 atom stereocenters. The van der Waals surface area contributed by atoms with Gasteiger partial charge in [0.2, 0.25) is 0 Å². The molecule has 0 saturated carbocycles. The summed E-state index contributed by atoms with van der Waals surface area (Å²) >= 11 is 0. The zero-order valence-corrected chi connectivity index (χ0v) is 12.2. The van der Waals surface area contributed by atoms with Crippen molar-refractivity contribution in [2.24, 2.45) is 0 Å². The van der Waals surface area contributed by atoms with E-state index in [9.17, 15) is 10.2 Å². The largest absolute Gasteiger partial charge is 0.504 e. The lowest BCUT2D eigenvalue weighted by atomic mass is 9.69. The van der Waals surface area contributed by atoms with Crippen LogP contribution in [0.15, 0.2) is 24.3 Å². The van der Waals surface area contributed by atoms with Crippen LogP contribution in [0.2, 0.25) is 0 Å². The number of aliphatic hydroxyl groups is 1. The smallest absolute Gasteiger partial charge is 0.165 e. The van der Waals surface area contributed by atoms with E-state index in [4.69, 9.17) is 4.74 Å². The number of phenols is 1. The highest BCUT2D eigenvalue weighted by molar-refractivity contribution is 5.60. The van der Waals surface area contributed by atoms with Crippen molar-refractivity contribution in [3.05, 3.63) is 35.4 Å². The molecule has 2 N–H and O–H groups in total. The standard InChI is InChI=1S/C17H21NO3/c1-2-18-8-7-17-6-5-12(19)9-14(17)21-16-13(20)4-3-11(10-18)15(16)17/h3-6,12,14,19-20H,2,7-10H2,1H3/t12-,14-,17-/m0/s1. The third-order valence-electron chi connectivity index (χ3n) is 5.28. The number of hydrogen-bond donors (Lipinski definition) is 2. The molecule has 0 radical (unpaired) electrons. The highest BCUT2D eigenvalue weighted by Crippen LogP contribution is 2.55. The molecule has 0 saturated heterocycles. The fourth-order valence-electron chi connectivity index (χ4n) is 4.11. The number of aliphatic hydroxyl groups excluding tert-OH is 1. The van der Waals surface area contributed by atoms with Crippen LogP contribution in [0.25, 0.3) is 0 Å². The molecule has 2 aliphatic heterocycles. The Bertz CT molecular complexity index is 612. The number of ether oxygens (including phenoxy) is 1. The monoisotopic (exact) mass is 287 g/mol. The highest BCUT2D eigenvalue weighted by Gasteiger charge is 2.52. The van der Waals surface area contributed by atoms with Crippen LogP contribution in [-0.2, 0) is 12.0 Å². The lowest BCUT2D eigenvalue weighted by molar-refractivity contribution is 0.0813. The minimum absolute atomic E-state index is 0.0728. The summed E-state index contributed by atoms with van der Waals surface area (Å²) in [4.78, 5) is 2.43. The maximum atomic E-state index is 10.2. The molecule has 0 fully saturated rings. The van der Waals surface area contributed by atoms with Gasteiger partial charge in [-0.2, -0.15) is 0 Å². The SMILES string of the molecule is CCN1CC[C@@]23C=C[C@H](O)C[C@@H]2Oc2c(O)ccc(c23)C1. The van der Waals surface area contributed by atoms with E-state index in [1.807, 2.05) is 12.1 Å². The summed E-state index contributed by atoms with van der Waals surface area (Å²) in [7, 11) is 0. The van der Waals surface area contributed by atoms with E-state index >= 15 is 0 Å². The zero-order valence-electron chi connectivity index (χ0n) is 12.2. The van der Waals surface area contributed by atoms with Gasteiger partial charge in [-0.05, 0) is 31.1 Å². The molecule has 3 aliphatic rings. The maximum absolute atomic E-state index is 10.2. The van der Waals surface area contributed by atoms with E-state index in [0.29, 0.717) is 12.2 Å². The van der Waals surface area contributed by atoms with Crippen molar-refractivity contribution in [2.45, 2.75) is 43.9 Å². The van der Waals surface area contributed by atoms with E-state index < -0.39 is 6.10 Å². The van der Waals surface area contributed by atoms with E-state index in [0.717, 1.165) is 31.6 Å². The van der Waals surface area contributed by atoms with Gasteiger partial charge in [0.1, 0.15) is 6.10 Å². The van der Waals surface area contributed by atoms with Gasteiger partial charge < -0.3 is 14.9 Å². The molecule has 2 heterocycles. The lowest BCUT2D eigenvalue weighted by Gasteiger charge is -2.35. The molecule has 1 aromatic carbocycles. The predicted octanol–water partition coefficient (Wildman–Crippen LogP) is 1.94. The number of benzene rings is 1. The normalized spacial score (nSPS) is 34.0. The summed E-state index contributed by atoms with van der Waals surface area (Å²) in [6.45, 7) is 5.10. The van der Waals surface area contributed by atoms with Gasteiger partial charge >= 0.3 is 0 Å². The predicted molar refractivity (Wildman–Crippen MR) is 79.5 cm³/mol. The Balaban J connectivity index is 1.92. The summed E-state index contributed by atoms with van der Waals surface area (Å²) in [5.41, 5.74) is 2.20. The molecule has 0 bridgehead atoms. The summed E-state index contributed by atoms with van der Waals surface area (Å²) < 4.78 is 6.07. The minimum Gasteiger partial charge on any atom is -0.504 e. The Kier molecular flexibility index (Phi) is 2.81. The minimum atomic E-state index is -0.453. The van der Waals surface area contributed by atoms with Crippen LogP contribution < -0.4 is 4.74 Å². The number of rotatable bonds is 1. The number of nitrogens with zero attached hydrogens (tertiary/aromatic N) is 1. The van der Waals surface area contributed by atoms with Gasteiger partial charge in [-0.3, -0.25) is 4.90 Å². The molecule has 21 heavy (non-hydrogen) atoms. The van der Waals surface area contributed by atoms with Crippen LogP contribution in [0.1, 0.15) is 30.9 Å². The summed E-state index contributed by atoms with van der Waals surface area (Å²) in [6.07, 6.45) is 5.06. The Morgan fingerprint density at radius 1 is 1.43 bits per heavy atom. The first-order chi connectivity index (χ1) is 10.1. The van der Waals surface area contributed by atoms with Crippen LogP contribution >= 0.6 is 0 Å². The van der Waals surface area contributed by atoms with E-state index in [1.165, 1.54) is 5.56 Å². The highest BCUT2D eigenvalue weighted by atomic mass is 16.5. The first kappa shape index (κ1) is 13.2. The Labute approximate surface area is 124 Å². The van der Waals surface area contributed by atoms with Crippen molar-refractivity contribution in [2.75, 3.05) is 13.1 Å².